The van der Waals surface area contributed by atoms with Crippen LogP contribution in [-0.4, -0.2) is 42.1 Å². The average molecular weight is 327 g/mol. The third kappa shape index (κ3) is 4.84. The van der Waals surface area contributed by atoms with Crippen molar-refractivity contribution in [3.05, 3.63) is 65.2 Å². The van der Waals surface area contributed by atoms with Gasteiger partial charge in [0.25, 0.3) is 5.91 Å². The van der Waals surface area contributed by atoms with Crippen molar-refractivity contribution in [3.63, 3.8) is 0 Å². The molecule has 0 aromatic heterocycles. The number of para-hydroxylation sites is 1. The first-order valence-corrected chi connectivity index (χ1v) is 7.75. The number of benzene rings is 2. The van der Waals surface area contributed by atoms with Gasteiger partial charge in [-0.15, -0.1) is 0 Å². The molecule has 0 fully saturated rings. The predicted octanol–water partition coefficient (Wildman–Crippen LogP) is 3.23. The zero-order valence-corrected chi connectivity index (χ0v) is 13.9. The van der Waals surface area contributed by atoms with Crippen LogP contribution in [0, 0.1) is 6.92 Å². The highest BCUT2D eigenvalue weighted by atomic mass is 16.5. The van der Waals surface area contributed by atoms with Crippen LogP contribution in [0.15, 0.2) is 48.5 Å². The Balaban J connectivity index is 1.89. The van der Waals surface area contributed by atoms with Crippen molar-refractivity contribution in [3.8, 4) is 5.75 Å². The van der Waals surface area contributed by atoms with Crippen molar-refractivity contribution in [1.29, 1.82) is 0 Å². The van der Waals surface area contributed by atoms with Crippen LogP contribution < -0.4 is 4.74 Å². The van der Waals surface area contributed by atoms with Gasteiger partial charge in [-0.2, -0.15) is 0 Å². The van der Waals surface area contributed by atoms with Crippen LogP contribution in [0.25, 0.3) is 0 Å². The average Bonchev–Trinajstić information content (AvgIpc) is 2.58. The molecule has 0 aliphatic heterocycles. The minimum absolute atomic E-state index is 0.124. The monoisotopic (exact) mass is 327 g/mol. The number of ether oxygens (including phenoxy) is 1. The minimum atomic E-state index is -1.04. The fourth-order valence-electron chi connectivity index (χ4n) is 2.36. The molecule has 24 heavy (non-hydrogen) atoms. The SMILES string of the molecule is Cc1cc(C(=O)O)cc(C(=O)N(C)CCCOc2ccccc2)c1. The molecule has 2 rings (SSSR count). The largest absolute Gasteiger partial charge is 0.494 e. The fraction of sp³-hybridized carbons (Fsp3) is 0.263. The van der Waals surface area contributed by atoms with Gasteiger partial charge in [0.1, 0.15) is 5.75 Å². The van der Waals surface area contributed by atoms with Crippen LogP contribution in [0.2, 0.25) is 0 Å². The number of hydrogen-bond acceptors (Lipinski definition) is 3. The highest BCUT2D eigenvalue weighted by Crippen LogP contribution is 2.13. The highest BCUT2D eigenvalue weighted by molar-refractivity contribution is 5.97. The number of amides is 1. The molecule has 126 valence electrons. The summed E-state index contributed by atoms with van der Waals surface area (Å²) < 4.78 is 5.60. The van der Waals surface area contributed by atoms with E-state index in [0.717, 1.165) is 11.3 Å². The second-order valence-corrected chi connectivity index (χ2v) is 5.63. The van der Waals surface area contributed by atoms with Gasteiger partial charge >= 0.3 is 5.97 Å². The number of carboxylic acids is 1. The van der Waals surface area contributed by atoms with Crippen LogP contribution in [0.4, 0.5) is 0 Å². The third-order valence-corrected chi connectivity index (χ3v) is 3.57. The zero-order chi connectivity index (χ0) is 17.5. The van der Waals surface area contributed by atoms with Crippen LogP contribution in [0.3, 0.4) is 0 Å². The van der Waals surface area contributed by atoms with Gasteiger partial charge in [0, 0.05) is 19.2 Å². The molecule has 0 aliphatic rings. The third-order valence-electron chi connectivity index (χ3n) is 3.57. The number of hydrogen-bond donors (Lipinski definition) is 1. The van der Waals surface area contributed by atoms with Gasteiger partial charge in [-0.25, -0.2) is 4.79 Å². The Morgan fingerprint density at radius 3 is 2.42 bits per heavy atom. The number of aryl methyl sites for hydroxylation is 1. The predicted molar refractivity (Wildman–Crippen MR) is 91.7 cm³/mol. The summed E-state index contributed by atoms with van der Waals surface area (Å²) in [5.41, 5.74) is 1.26. The molecule has 0 atom stereocenters. The molecule has 1 amide bonds. The Hall–Kier alpha value is -2.82. The van der Waals surface area contributed by atoms with E-state index < -0.39 is 5.97 Å². The molecule has 0 heterocycles. The summed E-state index contributed by atoms with van der Waals surface area (Å²) in [6, 6.07) is 14.2. The molecular formula is C19H21NO4. The number of nitrogens with zero attached hydrogens (tertiary/aromatic N) is 1. The van der Waals surface area contributed by atoms with Crippen molar-refractivity contribution in [1.82, 2.24) is 4.90 Å². The summed E-state index contributed by atoms with van der Waals surface area (Å²) in [7, 11) is 1.70. The first-order valence-electron chi connectivity index (χ1n) is 7.75. The van der Waals surface area contributed by atoms with E-state index in [1.54, 1.807) is 31.0 Å². The molecule has 0 bridgehead atoms. The Labute approximate surface area is 141 Å². The molecule has 5 heteroatoms. The van der Waals surface area contributed by atoms with E-state index in [2.05, 4.69) is 0 Å². The Kier molecular flexibility index (Phi) is 5.95. The van der Waals surface area contributed by atoms with E-state index in [-0.39, 0.29) is 11.5 Å². The quantitative estimate of drug-likeness (QED) is 0.793. The summed E-state index contributed by atoms with van der Waals surface area (Å²) in [4.78, 5) is 25.1. The summed E-state index contributed by atoms with van der Waals surface area (Å²) in [5, 5.41) is 9.09. The molecule has 2 aromatic rings. The number of carbonyl (C=O) groups is 2. The summed E-state index contributed by atoms with van der Waals surface area (Å²) in [6.07, 6.45) is 0.689. The molecule has 1 N–H and O–H groups in total. The van der Waals surface area contributed by atoms with Gasteiger partial charge in [0.05, 0.1) is 12.2 Å². The fourth-order valence-corrected chi connectivity index (χ4v) is 2.36. The number of rotatable bonds is 7. The van der Waals surface area contributed by atoms with Gasteiger partial charge in [-0.1, -0.05) is 18.2 Å². The van der Waals surface area contributed by atoms with Crippen LogP contribution >= 0.6 is 0 Å². The van der Waals surface area contributed by atoms with Crippen molar-refractivity contribution in [2.75, 3.05) is 20.2 Å². The van der Waals surface area contributed by atoms with E-state index >= 15 is 0 Å². The van der Waals surface area contributed by atoms with E-state index in [4.69, 9.17) is 9.84 Å². The standard InChI is InChI=1S/C19H21NO4/c1-14-11-15(13-16(12-14)19(22)23)18(21)20(2)9-6-10-24-17-7-4-3-5-8-17/h3-5,7-8,11-13H,6,9-10H2,1-2H3,(H,22,23). The molecule has 0 radical (unpaired) electrons. The molecular weight excluding hydrogens is 306 g/mol. The second-order valence-electron chi connectivity index (χ2n) is 5.63. The lowest BCUT2D eigenvalue weighted by Gasteiger charge is -2.18. The zero-order valence-electron chi connectivity index (χ0n) is 13.9. The molecule has 0 saturated heterocycles. The van der Waals surface area contributed by atoms with Crippen molar-refractivity contribution in [2.45, 2.75) is 13.3 Å². The van der Waals surface area contributed by atoms with Crippen molar-refractivity contribution < 1.29 is 19.4 Å². The van der Waals surface area contributed by atoms with Gasteiger partial charge in [-0.3, -0.25) is 4.79 Å². The minimum Gasteiger partial charge on any atom is -0.494 e. The van der Waals surface area contributed by atoms with E-state index in [1.165, 1.54) is 6.07 Å². The van der Waals surface area contributed by atoms with E-state index in [9.17, 15) is 9.59 Å². The Bertz CT molecular complexity index is 713. The number of carbonyl (C=O) groups excluding carboxylic acids is 1. The number of carboxylic acid groups (broad SMARTS) is 1. The normalized spacial score (nSPS) is 10.2. The van der Waals surface area contributed by atoms with E-state index in [1.807, 2.05) is 30.3 Å². The highest BCUT2D eigenvalue weighted by Gasteiger charge is 2.14. The summed E-state index contributed by atoms with van der Waals surface area (Å²) in [5.74, 6) is -0.427. The lowest BCUT2D eigenvalue weighted by atomic mass is 10.1. The molecule has 0 unspecified atom stereocenters. The molecule has 2 aromatic carbocycles. The van der Waals surface area contributed by atoms with Crippen LogP contribution in [-0.2, 0) is 0 Å². The van der Waals surface area contributed by atoms with Crippen molar-refractivity contribution in [2.24, 2.45) is 0 Å². The van der Waals surface area contributed by atoms with Crippen molar-refractivity contribution >= 4 is 11.9 Å². The Morgan fingerprint density at radius 1 is 1.08 bits per heavy atom. The van der Waals surface area contributed by atoms with Crippen LogP contribution in [0.5, 0.6) is 5.75 Å². The lowest BCUT2D eigenvalue weighted by molar-refractivity contribution is 0.0696. The van der Waals surface area contributed by atoms with Gasteiger partial charge in [0.2, 0.25) is 0 Å². The van der Waals surface area contributed by atoms with E-state index in [0.29, 0.717) is 25.1 Å². The summed E-state index contributed by atoms with van der Waals surface area (Å²) >= 11 is 0. The summed E-state index contributed by atoms with van der Waals surface area (Å²) in [6.45, 7) is 2.81. The maximum Gasteiger partial charge on any atom is 0.335 e. The topological polar surface area (TPSA) is 66.8 Å². The molecule has 0 saturated carbocycles. The second kappa shape index (κ2) is 8.15. The number of aromatic carboxylic acids is 1. The first-order chi connectivity index (χ1) is 11.5. The van der Waals surface area contributed by atoms with Gasteiger partial charge in [-0.05, 0) is 49.2 Å². The van der Waals surface area contributed by atoms with Crippen LogP contribution in [0.1, 0.15) is 32.7 Å². The van der Waals surface area contributed by atoms with Gasteiger partial charge in [0.15, 0.2) is 0 Å². The van der Waals surface area contributed by atoms with Gasteiger partial charge < -0.3 is 14.7 Å². The Morgan fingerprint density at radius 2 is 1.75 bits per heavy atom. The smallest absolute Gasteiger partial charge is 0.335 e. The molecule has 0 aliphatic carbocycles. The lowest BCUT2D eigenvalue weighted by Crippen LogP contribution is -2.29. The molecule has 5 nitrogen and oxygen atoms in total. The first kappa shape index (κ1) is 17.5. The maximum absolute atomic E-state index is 12.4. The maximum atomic E-state index is 12.4. The molecule has 0 spiro atoms.